The number of nitrogens with two attached hydrogens (primary N) is 3. The van der Waals surface area contributed by atoms with Crippen LogP contribution >= 0.6 is 0 Å². The minimum absolute atomic E-state index is 0.0261. The van der Waals surface area contributed by atoms with Crippen molar-refractivity contribution in [2.45, 2.75) is 31.5 Å². The predicted octanol–water partition coefficient (Wildman–Crippen LogP) is -2.93. The first kappa shape index (κ1) is 18.8. The summed E-state index contributed by atoms with van der Waals surface area (Å²) in [5, 5.41) is 16.7. The molecule has 24 heavy (non-hydrogen) atoms. The van der Waals surface area contributed by atoms with Crippen molar-refractivity contribution in [3.63, 3.8) is 0 Å². The maximum atomic E-state index is 11.6. The Bertz CT molecular complexity index is 630. The Morgan fingerprint density at radius 2 is 1.79 bits per heavy atom. The van der Waals surface area contributed by atoms with Crippen LogP contribution in [0.1, 0.15) is 30.6 Å². The highest BCUT2D eigenvalue weighted by atomic mass is 16.5. The van der Waals surface area contributed by atoms with Crippen LogP contribution in [-0.2, 0) is 20.9 Å². The Morgan fingerprint density at radius 1 is 1.17 bits per heavy atom. The Morgan fingerprint density at radius 3 is 2.33 bits per heavy atom. The Hall–Kier alpha value is -3.22. The van der Waals surface area contributed by atoms with Gasteiger partial charge in [0.25, 0.3) is 0 Å². The van der Waals surface area contributed by atoms with Crippen molar-refractivity contribution in [1.82, 2.24) is 20.8 Å². The normalized spacial score (nSPS) is 12.9. The minimum Gasteiger partial charge on any atom is -0.480 e. The number of carbonyl (C=O) groups excluding carboxylic acids is 3. The molecule has 0 aromatic carbocycles. The minimum atomic E-state index is -1.47. The number of carbonyl (C=O) groups is 4. The topological polar surface area (TPSA) is 230 Å². The van der Waals surface area contributed by atoms with Gasteiger partial charge in [0.15, 0.2) is 5.82 Å². The van der Waals surface area contributed by atoms with Crippen LogP contribution in [0.4, 0.5) is 4.79 Å². The lowest BCUT2D eigenvalue weighted by Crippen LogP contribution is -2.47. The van der Waals surface area contributed by atoms with E-state index in [2.05, 4.69) is 15.5 Å². The highest BCUT2D eigenvalue weighted by Gasteiger charge is 2.22. The second-order valence-corrected chi connectivity index (χ2v) is 4.71. The molecule has 0 aliphatic carbocycles. The zero-order valence-electron chi connectivity index (χ0n) is 12.4. The standard InChI is InChI=1S/C11H17N7O6/c12-4(1-6(13)19)9-17-8(24-18-9)3-15-11(23)16-5(10(21)22)2-7(14)20/h4-5H,1-3,12H2,(H2,13,19)(H2,14,20)(H,21,22)(H2,15,16,23)/t4-,5-/m0/s1. The van der Waals surface area contributed by atoms with Crippen molar-refractivity contribution in [2.24, 2.45) is 17.2 Å². The highest BCUT2D eigenvalue weighted by molar-refractivity contribution is 5.87. The zero-order chi connectivity index (χ0) is 18.3. The molecule has 0 spiro atoms. The molecule has 0 saturated heterocycles. The first-order valence-electron chi connectivity index (χ1n) is 6.61. The molecule has 0 aliphatic heterocycles. The Labute approximate surface area is 134 Å². The number of aliphatic carboxylic acids is 1. The summed E-state index contributed by atoms with van der Waals surface area (Å²) in [6, 6.07) is -3.20. The third-order valence-electron chi connectivity index (χ3n) is 2.65. The van der Waals surface area contributed by atoms with Crippen LogP contribution in [0.25, 0.3) is 0 Å². The summed E-state index contributed by atoms with van der Waals surface area (Å²) in [7, 11) is 0. The molecule has 0 saturated carbocycles. The van der Waals surface area contributed by atoms with Crippen molar-refractivity contribution in [3.8, 4) is 0 Å². The van der Waals surface area contributed by atoms with E-state index in [0.29, 0.717) is 0 Å². The van der Waals surface area contributed by atoms with E-state index >= 15 is 0 Å². The summed E-state index contributed by atoms with van der Waals surface area (Å²) in [6.45, 7) is -0.231. The molecule has 1 aromatic rings. The molecule has 13 heteroatoms. The summed E-state index contributed by atoms with van der Waals surface area (Å²) in [6.07, 6.45) is -0.740. The summed E-state index contributed by atoms with van der Waals surface area (Å²) < 4.78 is 4.81. The molecule has 132 valence electrons. The van der Waals surface area contributed by atoms with E-state index in [1.807, 2.05) is 5.32 Å². The van der Waals surface area contributed by atoms with E-state index in [0.717, 1.165) is 0 Å². The van der Waals surface area contributed by atoms with Gasteiger partial charge in [0, 0.05) is 6.42 Å². The number of amides is 4. The maximum absolute atomic E-state index is 11.6. The third kappa shape index (κ3) is 6.27. The molecule has 4 amide bonds. The molecule has 2 atom stereocenters. The van der Waals surface area contributed by atoms with E-state index in [-0.39, 0.29) is 24.7 Å². The summed E-state index contributed by atoms with van der Waals surface area (Å²) in [4.78, 5) is 47.8. The molecule has 13 nitrogen and oxygen atoms in total. The van der Waals surface area contributed by atoms with E-state index in [4.69, 9.17) is 26.8 Å². The Balaban J connectivity index is 2.52. The first-order chi connectivity index (χ1) is 11.2. The third-order valence-corrected chi connectivity index (χ3v) is 2.65. The average molecular weight is 343 g/mol. The molecule has 0 unspecified atom stereocenters. The summed E-state index contributed by atoms with van der Waals surface area (Å²) in [5.74, 6) is -2.93. The molecule has 0 aliphatic rings. The largest absolute Gasteiger partial charge is 0.480 e. The molecule has 0 radical (unpaired) electrons. The number of nitrogens with zero attached hydrogens (tertiary/aromatic N) is 2. The molecule has 0 fully saturated rings. The van der Waals surface area contributed by atoms with Gasteiger partial charge in [-0.1, -0.05) is 5.16 Å². The van der Waals surface area contributed by atoms with Gasteiger partial charge >= 0.3 is 12.0 Å². The van der Waals surface area contributed by atoms with E-state index in [1.165, 1.54) is 0 Å². The van der Waals surface area contributed by atoms with Crippen LogP contribution in [0.15, 0.2) is 4.52 Å². The number of urea groups is 1. The fourth-order valence-electron chi connectivity index (χ4n) is 1.56. The van der Waals surface area contributed by atoms with Crippen LogP contribution in [-0.4, -0.2) is 45.1 Å². The lowest BCUT2D eigenvalue weighted by atomic mass is 10.2. The molecule has 1 aromatic heterocycles. The average Bonchev–Trinajstić information content (AvgIpc) is 2.92. The molecular formula is C11H17N7O6. The van der Waals surface area contributed by atoms with Gasteiger partial charge in [-0.25, -0.2) is 9.59 Å². The van der Waals surface area contributed by atoms with Crippen LogP contribution in [0.2, 0.25) is 0 Å². The van der Waals surface area contributed by atoms with Crippen molar-refractivity contribution in [2.75, 3.05) is 0 Å². The highest BCUT2D eigenvalue weighted by Crippen LogP contribution is 2.09. The zero-order valence-corrected chi connectivity index (χ0v) is 12.4. The van der Waals surface area contributed by atoms with Crippen molar-refractivity contribution in [1.29, 1.82) is 0 Å². The van der Waals surface area contributed by atoms with Crippen LogP contribution in [0.3, 0.4) is 0 Å². The number of carboxylic acids is 1. The van der Waals surface area contributed by atoms with Gasteiger partial charge in [-0.2, -0.15) is 4.98 Å². The maximum Gasteiger partial charge on any atom is 0.326 e. The monoisotopic (exact) mass is 343 g/mol. The summed E-state index contributed by atoms with van der Waals surface area (Å²) in [5.41, 5.74) is 15.5. The molecule has 1 rings (SSSR count). The van der Waals surface area contributed by atoms with Gasteiger partial charge in [-0.3, -0.25) is 9.59 Å². The quantitative estimate of drug-likeness (QED) is 0.269. The van der Waals surface area contributed by atoms with Gasteiger partial charge in [0.2, 0.25) is 17.7 Å². The van der Waals surface area contributed by atoms with Crippen molar-refractivity contribution in [3.05, 3.63) is 11.7 Å². The Kier molecular flexibility index (Phi) is 6.61. The lowest BCUT2D eigenvalue weighted by molar-refractivity contribution is -0.140. The smallest absolute Gasteiger partial charge is 0.326 e. The fraction of sp³-hybridized carbons (Fsp3) is 0.455. The number of carboxylic acid groups (broad SMARTS) is 1. The van der Waals surface area contributed by atoms with E-state index < -0.39 is 42.3 Å². The summed E-state index contributed by atoms with van der Waals surface area (Å²) >= 11 is 0. The lowest BCUT2D eigenvalue weighted by Gasteiger charge is -2.12. The number of primary amides is 2. The van der Waals surface area contributed by atoms with Gasteiger partial charge in [-0.05, 0) is 0 Å². The van der Waals surface area contributed by atoms with Crippen LogP contribution < -0.4 is 27.8 Å². The molecule has 9 N–H and O–H groups in total. The predicted molar refractivity (Wildman–Crippen MR) is 75.6 cm³/mol. The molecule has 1 heterocycles. The number of hydrogen-bond donors (Lipinski definition) is 6. The van der Waals surface area contributed by atoms with Gasteiger partial charge < -0.3 is 37.5 Å². The first-order valence-corrected chi connectivity index (χ1v) is 6.61. The van der Waals surface area contributed by atoms with Gasteiger partial charge in [0.1, 0.15) is 6.04 Å². The second kappa shape index (κ2) is 8.42. The van der Waals surface area contributed by atoms with Gasteiger partial charge in [-0.15, -0.1) is 0 Å². The number of rotatable bonds is 9. The molecular weight excluding hydrogens is 326 g/mol. The van der Waals surface area contributed by atoms with E-state index in [1.54, 1.807) is 0 Å². The van der Waals surface area contributed by atoms with Crippen molar-refractivity contribution >= 4 is 23.8 Å². The number of aromatic nitrogens is 2. The number of nitrogens with one attached hydrogen (secondary N) is 2. The van der Waals surface area contributed by atoms with Crippen molar-refractivity contribution < 1.29 is 28.8 Å². The van der Waals surface area contributed by atoms with E-state index in [9.17, 15) is 19.2 Å². The van der Waals surface area contributed by atoms with Gasteiger partial charge in [0.05, 0.1) is 19.0 Å². The fourth-order valence-corrected chi connectivity index (χ4v) is 1.56. The second-order valence-electron chi connectivity index (χ2n) is 4.71. The van der Waals surface area contributed by atoms with Crippen LogP contribution in [0.5, 0.6) is 0 Å². The van der Waals surface area contributed by atoms with Crippen LogP contribution in [0, 0.1) is 0 Å². The molecule has 0 bridgehead atoms. The SMILES string of the molecule is NC(=O)C[C@H](NC(=O)NCc1nc([C@@H](N)CC(N)=O)no1)C(=O)O. The number of hydrogen-bond acceptors (Lipinski definition) is 8.